The van der Waals surface area contributed by atoms with E-state index in [4.69, 9.17) is 0 Å². The first kappa shape index (κ1) is 12.4. The van der Waals surface area contributed by atoms with Crippen LogP contribution in [0.5, 0.6) is 5.75 Å². The Morgan fingerprint density at radius 1 is 0.900 bits per heavy atom. The van der Waals surface area contributed by atoms with Gasteiger partial charge >= 0.3 is 0 Å². The van der Waals surface area contributed by atoms with Crippen molar-refractivity contribution < 1.29 is 14.7 Å². The Morgan fingerprint density at radius 3 is 2.35 bits per heavy atom. The predicted molar refractivity (Wildman–Crippen MR) is 75.9 cm³/mol. The molecule has 0 spiro atoms. The van der Waals surface area contributed by atoms with Crippen molar-refractivity contribution in [2.24, 2.45) is 0 Å². The third-order valence-electron chi connectivity index (χ3n) is 3.49. The number of hydrogen-bond donors (Lipinski definition) is 1. The Bertz CT molecular complexity index is 770. The zero-order chi connectivity index (χ0) is 14.3. The first-order valence-corrected chi connectivity index (χ1v) is 6.28. The number of ketones is 2. The van der Waals surface area contributed by atoms with E-state index in [1.165, 1.54) is 12.1 Å². The van der Waals surface area contributed by atoms with Gasteiger partial charge in [0.2, 0.25) is 0 Å². The Hall–Kier alpha value is -2.68. The standard InChI is InChI=1S/C17H12O3/c1-10-5-2-3-6-11(10)13-9-15(19)16-12(17(13)20)7-4-8-14(16)18/h2-9,18H,1H3. The van der Waals surface area contributed by atoms with Crippen LogP contribution < -0.4 is 0 Å². The lowest BCUT2D eigenvalue weighted by Crippen LogP contribution is -2.16. The number of aryl methyl sites for hydroxylation is 1. The predicted octanol–water partition coefficient (Wildman–Crippen LogP) is 3.16. The number of fused-ring (bicyclic) bond motifs is 1. The van der Waals surface area contributed by atoms with Crippen LogP contribution in [0.25, 0.3) is 5.57 Å². The maximum Gasteiger partial charge on any atom is 0.194 e. The molecule has 3 heteroatoms. The van der Waals surface area contributed by atoms with Crippen molar-refractivity contribution >= 4 is 17.1 Å². The molecule has 0 aromatic heterocycles. The van der Waals surface area contributed by atoms with Crippen molar-refractivity contribution in [1.29, 1.82) is 0 Å². The van der Waals surface area contributed by atoms with Gasteiger partial charge in [0.25, 0.3) is 0 Å². The van der Waals surface area contributed by atoms with Gasteiger partial charge in [0.15, 0.2) is 11.6 Å². The summed E-state index contributed by atoms with van der Waals surface area (Å²) in [4.78, 5) is 24.7. The second kappa shape index (κ2) is 4.46. The Morgan fingerprint density at radius 2 is 1.60 bits per heavy atom. The highest BCUT2D eigenvalue weighted by Gasteiger charge is 2.28. The molecular formula is C17H12O3. The number of carbonyl (C=O) groups excluding carboxylic acids is 2. The third-order valence-corrected chi connectivity index (χ3v) is 3.49. The molecule has 0 unspecified atom stereocenters. The van der Waals surface area contributed by atoms with E-state index in [0.29, 0.717) is 5.57 Å². The summed E-state index contributed by atoms with van der Waals surface area (Å²) in [6, 6.07) is 12.0. The average Bonchev–Trinajstić information content (AvgIpc) is 2.43. The molecule has 0 heterocycles. The fraction of sp³-hybridized carbons (Fsp3) is 0.0588. The summed E-state index contributed by atoms with van der Waals surface area (Å²) in [6.07, 6.45) is 1.31. The minimum absolute atomic E-state index is 0.0924. The summed E-state index contributed by atoms with van der Waals surface area (Å²) in [6.45, 7) is 1.89. The summed E-state index contributed by atoms with van der Waals surface area (Å²) in [5.74, 6) is -0.721. The minimum Gasteiger partial charge on any atom is -0.507 e. The van der Waals surface area contributed by atoms with Gasteiger partial charge in [-0.2, -0.15) is 0 Å². The molecule has 0 fully saturated rings. The van der Waals surface area contributed by atoms with Crippen LogP contribution in [0.1, 0.15) is 31.8 Å². The molecule has 0 radical (unpaired) electrons. The van der Waals surface area contributed by atoms with Crippen LogP contribution in [-0.4, -0.2) is 16.7 Å². The first-order valence-electron chi connectivity index (χ1n) is 6.28. The molecule has 2 aromatic carbocycles. The number of phenols is 1. The molecule has 0 aliphatic heterocycles. The number of Topliss-reactive ketones (excluding diaryl/α,β-unsaturated/α-hetero) is 1. The van der Waals surface area contributed by atoms with Crippen LogP contribution in [-0.2, 0) is 0 Å². The molecule has 0 saturated heterocycles. The monoisotopic (exact) mass is 264 g/mol. The number of allylic oxidation sites excluding steroid dienone is 2. The molecule has 3 rings (SSSR count). The number of aromatic hydroxyl groups is 1. The molecule has 0 saturated carbocycles. The largest absolute Gasteiger partial charge is 0.507 e. The summed E-state index contributed by atoms with van der Waals surface area (Å²) in [5.41, 5.74) is 2.42. The Labute approximate surface area is 116 Å². The highest BCUT2D eigenvalue weighted by molar-refractivity contribution is 6.39. The van der Waals surface area contributed by atoms with E-state index in [2.05, 4.69) is 0 Å². The number of rotatable bonds is 1. The van der Waals surface area contributed by atoms with Crippen molar-refractivity contribution in [3.8, 4) is 5.75 Å². The maximum absolute atomic E-state index is 12.5. The van der Waals surface area contributed by atoms with E-state index < -0.39 is 0 Å². The van der Waals surface area contributed by atoms with Crippen LogP contribution in [0, 0.1) is 6.92 Å². The lowest BCUT2D eigenvalue weighted by atomic mass is 9.84. The SMILES string of the molecule is Cc1ccccc1C1=CC(=O)c2c(O)cccc2C1=O. The van der Waals surface area contributed by atoms with Crippen LogP contribution >= 0.6 is 0 Å². The first-order chi connectivity index (χ1) is 9.59. The quantitative estimate of drug-likeness (QED) is 0.860. The summed E-state index contributed by atoms with van der Waals surface area (Å²) in [5, 5.41) is 9.75. The maximum atomic E-state index is 12.5. The Balaban J connectivity index is 2.21. The van der Waals surface area contributed by atoms with Crippen molar-refractivity contribution in [3.63, 3.8) is 0 Å². The van der Waals surface area contributed by atoms with E-state index in [1.807, 2.05) is 31.2 Å². The Kier molecular flexibility index (Phi) is 2.75. The van der Waals surface area contributed by atoms with Crippen molar-refractivity contribution in [2.75, 3.05) is 0 Å². The van der Waals surface area contributed by atoms with Crippen LogP contribution in [0.3, 0.4) is 0 Å². The smallest absolute Gasteiger partial charge is 0.194 e. The molecule has 1 aliphatic carbocycles. The molecular weight excluding hydrogens is 252 g/mol. The van der Waals surface area contributed by atoms with Crippen molar-refractivity contribution in [1.82, 2.24) is 0 Å². The molecule has 0 bridgehead atoms. The number of carbonyl (C=O) groups is 2. The van der Waals surface area contributed by atoms with Gasteiger partial charge in [0.05, 0.1) is 5.56 Å². The molecule has 1 aliphatic rings. The average molecular weight is 264 g/mol. The van der Waals surface area contributed by atoms with E-state index >= 15 is 0 Å². The van der Waals surface area contributed by atoms with E-state index in [0.717, 1.165) is 11.1 Å². The normalized spacial score (nSPS) is 13.9. The molecule has 3 nitrogen and oxygen atoms in total. The zero-order valence-corrected chi connectivity index (χ0v) is 10.9. The van der Waals surface area contributed by atoms with Gasteiger partial charge in [0, 0.05) is 11.1 Å². The fourth-order valence-corrected chi connectivity index (χ4v) is 2.48. The van der Waals surface area contributed by atoms with Gasteiger partial charge in [0.1, 0.15) is 5.75 Å². The van der Waals surface area contributed by atoms with Gasteiger partial charge < -0.3 is 5.11 Å². The van der Waals surface area contributed by atoms with E-state index in [9.17, 15) is 14.7 Å². The number of phenolic OH excluding ortho intramolecular Hbond substituents is 1. The number of benzene rings is 2. The van der Waals surface area contributed by atoms with Gasteiger partial charge in [-0.3, -0.25) is 9.59 Å². The van der Waals surface area contributed by atoms with Gasteiger partial charge in [-0.1, -0.05) is 36.4 Å². The summed E-state index contributed by atoms with van der Waals surface area (Å²) < 4.78 is 0. The molecule has 1 N–H and O–H groups in total. The van der Waals surface area contributed by atoms with Crippen LogP contribution in [0.4, 0.5) is 0 Å². The molecule has 20 heavy (non-hydrogen) atoms. The topological polar surface area (TPSA) is 54.4 Å². The van der Waals surface area contributed by atoms with E-state index in [1.54, 1.807) is 12.1 Å². The minimum atomic E-state index is -0.337. The molecule has 0 amide bonds. The summed E-state index contributed by atoms with van der Waals surface area (Å²) in [7, 11) is 0. The molecule has 0 atom stereocenters. The van der Waals surface area contributed by atoms with Gasteiger partial charge in [-0.05, 0) is 30.2 Å². The van der Waals surface area contributed by atoms with E-state index in [-0.39, 0.29) is 28.4 Å². The molecule has 2 aromatic rings. The lowest BCUT2D eigenvalue weighted by Gasteiger charge is -2.17. The third kappa shape index (κ3) is 1.75. The fourth-order valence-electron chi connectivity index (χ4n) is 2.48. The van der Waals surface area contributed by atoms with Crippen molar-refractivity contribution in [3.05, 3.63) is 70.8 Å². The van der Waals surface area contributed by atoms with Crippen LogP contribution in [0.2, 0.25) is 0 Å². The zero-order valence-electron chi connectivity index (χ0n) is 10.9. The highest BCUT2D eigenvalue weighted by Crippen LogP contribution is 2.33. The van der Waals surface area contributed by atoms with Gasteiger partial charge in [-0.15, -0.1) is 0 Å². The highest BCUT2D eigenvalue weighted by atomic mass is 16.3. The summed E-state index contributed by atoms with van der Waals surface area (Å²) >= 11 is 0. The second-order valence-corrected chi connectivity index (χ2v) is 4.77. The lowest BCUT2D eigenvalue weighted by molar-refractivity contribution is 0.0999. The second-order valence-electron chi connectivity index (χ2n) is 4.77. The van der Waals surface area contributed by atoms with Crippen LogP contribution in [0.15, 0.2) is 48.5 Å². The molecule has 98 valence electrons. The van der Waals surface area contributed by atoms with Crippen molar-refractivity contribution in [2.45, 2.75) is 6.92 Å². The van der Waals surface area contributed by atoms with Gasteiger partial charge in [-0.25, -0.2) is 0 Å². The number of hydrogen-bond acceptors (Lipinski definition) is 3.